The zero-order chi connectivity index (χ0) is 30.9. The van der Waals surface area contributed by atoms with Crippen molar-refractivity contribution in [1.29, 1.82) is 0 Å². The van der Waals surface area contributed by atoms with Crippen LogP contribution < -0.4 is 0 Å². The fraction of sp³-hybridized carbons (Fsp3) is 0.865. The summed E-state index contributed by atoms with van der Waals surface area (Å²) in [6, 6.07) is 0. The minimum Gasteiger partial charge on any atom is -0.433 e. The first-order valence-corrected chi connectivity index (χ1v) is 18.0. The number of likely N-dealkylation sites (N-methyl/N-ethyl adjacent to an activating group) is 2. The number of nitrogens with zero attached hydrogens (tertiary/aromatic N) is 2. The lowest BCUT2D eigenvalue weighted by molar-refractivity contribution is 0.0120. The molecule has 0 spiro atoms. The molecule has 0 N–H and O–H groups in total. The maximum absolute atomic E-state index is 12.5. The summed E-state index contributed by atoms with van der Waals surface area (Å²) in [6.07, 6.45) is 34.7. The van der Waals surface area contributed by atoms with Crippen LogP contribution in [0.2, 0.25) is 0 Å². The Balaban J connectivity index is 4.17. The van der Waals surface area contributed by atoms with Gasteiger partial charge in [0, 0.05) is 19.6 Å². The molecule has 0 aromatic rings. The van der Waals surface area contributed by atoms with Gasteiger partial charge in [0.25, 0.3) is 0 Å². The Morgan fingerprint density at radius 3 is 1.67 bits per heavy atom. The summed E-state index contributed by atoms with van der Waals surface area (Å²) in [5, 5.41) is 0. The molecule has 5 heteroatoms. The molecule has 248 valence electrons. The van der Waals surface area contributed by atoms with Gasteiger partial charge in [-0.25, -0.2) is 4.79 Å². The molecule has 0 aliphatic heterocycles. The van der Waals surface area contributed by atoms with E-state index in [2.05, 4.69) is 69.0 Å². The van der Waals surface area contributed by atoms with Crippen LogP contribution in [0, 0.1) is 0 Å². The normalized spacial score (nSPS) is 12.7. The van der Waals surface area contributed by atoms with Gasteiger partial charge < -0.3 is 14.4 Å². The van der Waals surface area contributed by atoms with Gasteiger partial charge in [0.2, 0.25) is 0 Å². The number of carbonyl (C=O) groups is 1. The van der Waals surface area contributed by atoms with Crippen LogP contribution in [0.1, 0.15) is 156 Å². The molecule has 1 atom stereocenters. The van der Waals surface area contributed by atoms with Crippen molar-refractivity contribution in [1.82, 2.24) is 9.80 Å². The number of hydrogen-bond donors (Lipinski definition) is 0. The van der Waals surface area contributed by atoms with Crippen molar-refractivity contribution in [2.75, 3.05) is 46.9 Å². The van der Waals surface area contributed by atoms with Crippen LogP contribution >= 0.6 is 0 Å². The predicted octanol–water partition coefficient (Wildman–Crippen LogP) is 10.7. The predicted molar refractivity (Wildman–Crippen MR) is 183 cm³/mol. The van der Waals surface area contributed by atoms with Gasteiger partial charge in [-0.05, 0) is 78.4 Å². The van der Waals surface area contributed by atoms with E-state index in [1.54, 1.807) is 0 Å². The van der Waals surface area contributed by atoms with E-state index in [1.807, 2.05) is 0 Å². The Morgan fingerprint density at radius 1 is 0.619 bits per heavy atom. The van der Waals surface area contributed by atoms with Gasteiger partial charge in [-0.3, -0.25) is 4.90 Å². The Hall–Kier alpha value is -1.33. The smallest absolute Gasteiger partial charge is 0.433 e. The number of allylic oxidation sites excluding steroid dienone is 4. The first-order valence-electron chi connectivity index (χ1n) is 18.0. The molecule has 0 amide bonds. The standard InChI is InChI=1S/C37H72N2O3/c1-6-9-11-13-15-16-17-18-19-20-21-22-23-25-27-29-31-36(30-28-26-24-14-12-10-7-2)42-37(40)41-35-34-39(8-3)33-32-38(4)5/h15-16,18-19,36H,6-14,17,20-35H2,1-5H3/b16-15-,19-18-. The van der Waals surface area contributed by atoms with Crippen LogP contribution in [0.4, 0.5) is 4.79 Å². The van der Waals surface area contributed by atoms with Crippen LogP contribution in [0.15, 0.2) is 24.3 Å². The summed E-state index contributed by atoms with van der Waals surface area (Å²) in [6.45, 7) is 10.8. The quantitative estimate of drug-likeness (QED) is 0.0455. The number of hydrogen-bond acceptors (Lipinski definition) is 5. The van der Waals surface area contributed by atoms with Gasteiger partial charge in [0.15, 0.2) is 0 Å². The molecule has 0 aromatic carbocycles. The third-order valence-electron chi connectivity index (χ3n) is 8.06. The fourth-order valence-corrected chi connectivity index (χ4v) is 5.15. The summed E-state index contributed by atoms with van der Waals surface area (Å²) < 4.78 is 11.3. The van der Waals surface area contributed by atoms with Crippen molar-refractivity contribution < 1.29 is 14.3 Å². The van der Waals surface area contributed by atoms with Crippen molar-refractivity contribution in [2.24, 2.45) is 0 Å². The van der Waals surface area contributed by atoms with Crippen LogP contribution in [-0.4, -0.2) is 68.9 Å². The second-order valence-corrected chi connectivity index (χ2v) is 12.4. The van der Waals surface area contributed by atoms with E-state index in [0.29, 0.717) is 6.61 Å². The van der Waals surface area contributed by atoms with E-state index in [1.165, 1.54) is 103 Å². The average molecular weight is 593 g/mol. The van der Waals surface area contributed by atoms with Gasteiger partial charge >= 0.3 is 6.16 Å². The van der Waals surface area contributed by atoms with Crippen molar-refractivity contribution in [3.8, 4) is 0 Å². The van der Waals surface area contributed by atoms with Crippen molar-refractivity contribution in [2.45, 2.75) is 162 Å². The Morgan fingerprint density at radius 2 is 1.12 bits per heavy atom. The number of rotatable bonds is 31. The molecule has 1 unspecified atom stereocenters. The first kappa shape index (κ1) is 40.7. The molecular formula is C37H72N2O3. The van der Waals surface area contributed by atoms with Crippen molar-refractivity contribution in [3.63, 3.8) is 0 Å². The molecule has 42 heavy (non-hydrogen) atoms. The van der Waals surface area contributed by atoms with Gasteiger partial charge in [-0.2, -0.15) is 0 Å². The molecule has 0 fully saturated rings. The Bertz CT molecular complexity index is 620. The monoisotopic (exact) mass is 593 g/mol. The van der Waals surface area contributed by atoms with E-state index in [9.17, 15) is 4.79 Å². The first-order chi connectivity index (χ1) is 20.5. The summed E-state index contributed by atoms with van der Waals surface area (Å²) in [5.74, 6) is 0. The third kappa shape index (κ3) is 30.1. The molecule has 0 saturated carbocycles. The van der Waals surface area contributed by atoms with E-state index >= 15 is 0 Å². The van der Waals surface area contributed by atoms with Gasteiger partial charge in [0.05, 0.1) is 0 Å². The highest BCUT2D eigenvalue weighted by Gasteiger charge is 2.16. The average Bonchev–Trinajstić information content (AvgIpc) is 2.97. The maximum atomic E-state index is 12.5. The van der Waals surface area contributed by atoms with Gasteiger partial charge in [0.1, 0.15) is 12.7 Å². The maximum Gasteiger partial charge on any atom is 0.508 e. The summed E-state index contributed by atoms with van der Waals surface area (Å²) in [4.78, 5) is 17.0. The fourth-order valence-electron chi connectivity index (χ4n) is 5.15. The lowest BCUT2D eigenvalue weighted by atomic mass is 10.0. The minimum absolute atomic E-state index is 0.00464. The topological polar surface area (TPSA) is 42.0 Å². The van der Waals surface area contributed by atoms with Crippen molar-refractivity contribution >= 4 is 6.16 Å². The van der Waals surface area contributed by atoms with E-state index in [0.717, 1.165) is 58.3 Å². The van der Waals surface area contributed by atoms with E-state index in [-0.39, 0.29) is 6.10 Å². The Labute approximate surface area is 262 Å². The largest absolute Gasteiger partial charge is 0.508 e. The second-order valence-electron chi connectivity index (χ2n) is 12.4. The van der Waals surface area contributed by atoms with E-state index in [4.69, 9.17) is 9.47 Å². The van der Waals surface area contributed by atoms with Crippen molar-refractivity contribution in [3.05, 3.63) is 24.3 Å². The minimum atomic E-state index is -0.480. The van der Waals surface area contributed by atoms with Crippen LogP contribution in [0.3, 0.4) is 0 Å². The highest BCUT2D eigenvalue weighted by atomic mass is 16.7. The van der Waals surface area contributed by atoms with Crippen LogP contribution in [-0.2, 0) is 9.47 Å². The molecule has 0 bridgehead atoms. The zero-order valence-corrected chi connectivity index (χ0v) is 28.9. The lowest BCUT2D eigenvalue weighted by Crippen LogP contribution is -2.34. The van der Waals surface area contributed by atoms with Gasteiger partial charge in [-0.15, -0.1) is 0 Å². The molecule has 0 aromatic heterocycles. The molecule has 0 saturated heterocycles. The lowest BCUT2D eigenvalue weighted by Gasteiger charge is -2.22. The number of ether oxygens (including phenoxy) is 2. The summed E-state index contributed by atoms with van der Waals surface area (Å²) >= 11 is 0. The number of unbranched alkanes of at least 4 members (excludes halogenated alkanes) is 15. The number of carbonyl (C=O) groups excluding carboxylic acids is 1. The molecule has 0 aliphatic rings. The van der Waals surface area contributed by atoms with Gasteiger partial charge in [-0.1, -0.05) is 122 Å². The second kappa shape index (κ2) is 32.6. The molecule has 0 aliphatic carbocycles. The molecular weight excluding hydrogens is 520 g/mol. The Kier molecular flexibility index (Phi) is 31.5. The highest BCUT2D eigenvalue weighted by Crippen LogP contribution is 2.18. The summed E-state index contributed by atoms with van der Waals surface area (Å²) in [5.41, 5.74) is 0. The SMILES string of the molecule is CCCCC/C=C\C/C=C\CCCCCCCCC(CCCCCCCCC)OC(=O)OCCN(CC)CCN(C)C. The molecule has 5 nitrogen and oxygen atoms in total. The molecule has 0 rings (SSSR count). The van der Waals surface area contributed by atoms with Crippen LogP contribution in [0.25, 0.3) is 0 Å². The third-order valence-corrected chi connectivity index (χ3v) is 8.06. The van der Waals surface area contributed by atoms with Crippen LogP contribution in [0.5, 0.6) is 0 Å². The highest BCUT2D eigenvalue weighted by molar-refractivity contribution is 5.60. The van der Waals surface area contributed by atoms with E-state index < -0.39 is 6.16 Å². The molecule has 0 heterocycles. The summed E-state index contributed by atoms with van der Waals surface area (Å²) in [7, 11) is 4.17. The molecule has 0 radical (unpaired) electrons. The zero-order valence-electron chi connectivity index (χ0n) is 28.9.